The molecule has 0 saturated heterocycles. The number of aliphatic hydroxyl groups is 1. The van der Waals surface area contributed by atoms with Crippen LogP contribution in [0.3, 0.4) is 0 Å². The first-order valence-electron chi connectivity index (χ1n) is 4.90. The molecular weight excluding hydrogens is 286 g/mol. The number of carbonyl (C=O) groups is 1. The fourth-order valence-electron chi connectivity index (χ4n) is 1.18. The van der Waals surface area contributed by atoms with Gasteiger partial charge in [-0.3, -0.25) is 4.79 Å². The van der Waals surface area contributed by atoms with E-state index in [1.165, 1.54) is 0 Å². The van der Waals surface area contributed by atoms with Gasteiger partial charge < -0.3 is 15.2 Å². The number of ether oxygens (including phenoxy) is 1. The van der Waals surface area contributed by atoms with Crippen LogP contribution >= 0.6 is 15.9 Å². The third kappa shape index (κ3) is 4.10. The van der Waals surface area contributed by atoms with Gasteiger partial charge in [-0.15, -0.1) is 6.42 Å². The number of para-hydroxylation sites is 1. The van der Waals surface area contributed by atoms with E-state index >= 15 is 0 Å². The summed E-state index contributed by atoms with van der Waals surface area (Å²) < 4.78 is 6.02. The fraction of sp³-hybridized carbons (Fsp3) is 0.250. The number of hydrogen-bond acceptors (Lipinski definition) is 3. The number of amides is 1. The zero-order valence-corrected chi connectivity index (χ0v) is 10.7. The highest BCUT2D eigenvalue weighted by atomic mass is 79.9. The van der Waals surface area contributed by atoms with E-state index in [9.17, 15) is 4.79 Å². The Bertz CT molecular complexity index is 440. The van der Waals surface area contributed by atoms with Crippen LogP contribution in [-0.2, 0) is 11.4 Å². The van der Waals surface area contributed by atoms with E-state index in [-0.39, 0.29) is 25.7 Å². The number of terminal acetylenes is 1. The van der Waals surface area contributed by atoms with Crippen molar-refractivity contribution in [1.29, 1.82) is 0 Å². The summed E-state index contributed by atoms with van der Waals surface area (Å²) in [5, 5.41) is 11.6. The molecule has 5 heteroatoms. The Hall–Kier alpha value is -1.51. The van der Waals surface area contributed by atoms with Crippen molar-refractivity contribution >= 4 is 21.8 Å². The highest BCUT2D eigenvalue weighted by Gasteiger charge is 2.09. The molecule has 1 amide bonds. The van der Waals surface area contributed by atoms with Crippen molar-refractivity contribution in [3.05, 3.63) is 28.2 Å². The first-order valence-corrected chi connectivity index (χ1v) is 5.69. The molecular formula is C12H12BrNO3. The Labute approximate surface area is 108 Å². The molecule has 0 unspecified atom stereocenters. The molecule has 0 bridgehead atoms. The number of nitrogens with one attached hydrogen (secondary N) is 1. The average molecular weight is 298 g/mol. The normalized spacial score (nSPS) is 9.47. The van der Waals surface area contributed by atoms with Crippen LogP contribution in [0.15, 0.2) is 22.7 Å². The van der Waals surface area contributed by atoms with E-state index in [1.54, 1.807) is 18.2 Å². The molecule has 90 valence electrons. The van der Waals surface area contributed by atoms with E-state index in [0.717, 1.165) is 0 Å². The molecule has 0 saturated carbocycles. The fourth-order valence-corrected chi connectivity index (χ4v) is 1.70. The van der Waals surface area contributed by atoms with E-state index < -0.39 is 0 Å². The molecule has 17 heavy (non-hydrogen) atoms. The van der Waals surface area contributed by atoms with Crippen LogP contribution < -0.4 is 10.1 Å². The zero-order valence-electron chi connectivity index (χ0n) is 9.07. The summed E-state index contributed by atoms with van der Waals surface area (Å²) in [6.07, 6.45) is 5.01. The second-order valence-corrected chi connectivity index (χ2v) is 4.01. The Morgan fingerprint density at radius 1 is 1.59 bits per heavy atom. The van der Waals surface area contributed by atoms with Crippen molar-refractivity contribution in [3.63, 3.8) is 0 Å². The second kappa shape index (κ2) is 6.94. The molecule has 0 aliphatic carbocycles. The van der Waals surface area contributed by atoms with Crippen LogP contribution in [0.25, 0.3) is 0 Å². The molecule has 0 atom stereocenters. The van der Waals surface area contributed by atoms with Crippen LogP contribution in [0.5, 0.6) is 5.75 Å². The minimum atomic E-state index is -0.303. The lowest BCUT2D eigenvalue weighted by Crippen LogP contribution is -2.29. The van der Waals surface area contributed by atoms with Crippen LogP contribution in [0.1, 0.15) is 5.56 Å². The van der Waals surface area contributed by atoms with Gasteiger partial charge in [0.15, 0.2) is 6.61 Å². The summed E-state index contributed by atoms with van der Waals surface area (Å²) in [6.45, 7) is -0.122. The topological polar surface area (TPSA) is 58.6 Å². The summed E-state index contributed by atoms with van der Waals surface area (Å²) in [5.74, 6) is 2.45. The van der Waals surface area contributed by atoms with E-state index in [1.807, 2.05) is 0 Å². The maximum Gasteiger partial charge on any atom is 0.258 e. The summed E-state index contributed by atoms with van der Waals surface area (Å²) in [5.41, 5.74) is 0.615. The van der Waals surface area contributed by atoms with Crippen molar-refractivity contribution in [3.8, 4) is 18.1 Å². The molecule has 0 spiro atoms. The molecule has 1 rings (SSSR count). The van der Waals surface area contributed by atoms with Gasteiger partial charge in [0.1, 0.15) is 5.75 Å². The number of halogens is 1. The third-order valence-corrected chi connectivity index (χ3v) is 2.58. The van der Waals surface area contributed by atoms with Crippen LogP contribution in [-0.4, -0.2) is 24.2 Å². The second-order valence-electron chi connectivity index (χ2n) is 3.16. The summed E-state index contributed by atoms with van der Waals surface area (Å²) in [6, 6.07) is 5.27. The van der Waals surface area contributed by atoms with Gasteiger partial charge in [-0.2, -0.15) is 0 Å². The molecule has 0 aliphatic rings. The average Bonchev–Trinajstić information content (AvgIpc) is 2.34. The molecule has 0 fully saturated rings. The largest absolute Gasteiger partial charge is 0.482 e. The van der Waals surface area contributed by atoms with Gasteiger partial charge in [0, 0.05) is 5.56 Å². The molecule has 1 aromatic carbocycles. The quantitative estimate of drug-likeness (QED) is 0.800. The van der Waals surface area contributed by atoms with Crippen molar-refractivity contribution in [2.75, 3.05) is 13.2 Å². The Morgan fingerprint density at radius 2 is 2.35 bits per heavy atom. The number of benzene rings is 1. The predicted octanol–water partition coefficient (Wildman–Crippen LogP) is 1.07. The van der Waals surface area contributed by atoms with E-state index in [0.29, 0.717) is 15.8 Å². The number of rotatable bonds is 5. The molecule has 0 heterocycles. The standard InChI is InChI=1S/C12H12BrNO3/c1-2-6-14-11(16)8-17-12-9(7-15)4-3-5-10(12)13/h1,3-5,15H,6-8H2,(H,14,16). The van der Waals surface area contributed by atoms with Gasteiger partial charge in [-0.1, -0.05) is 18.1 Å². The Morgan fingerprint density at radius 3 is 3.00 bits per heavy atom. The van der Waals surface area contributed by atoms with Gasteiger partial charge in [0.2, 0.25) is 0 Å². The third-order valence-electron chi connectivity index (χ3n) is 1.95. The smallest absolute Gasteiger partial charge is 0.258 e. The van der Waals surface area contributed by atoms with Crippen molar-refractivity contribution in [1.82, 2.24) is 5.32 Å². The van der Waals surface area contributed by atoms with Crippen molar-refractivity contribution in [2.24, 2.45) is 0 Å². The lowest BCUT2D eigenvalue weighted by molar-refractivity contribution is -0.122. The summed E-state index contributed by atoms with van der Waals surface area (Å²) in [7, 11) is 0. The Balaban J connectivity index is 2.63. The molecule has 1 aromatic rings. The Kier molecular flexibility index (Phi) is 5.53. The highest BCUT2D eigenvalue weighted by Crippen LogP contribution is 2.28. The van der Waals surface area contributed by atoms with Crippen LogP contribution in [0, 0.1) is 12.3 Å². The van der Waals surface area contributed by atoms with Gasteiger partial charge in [-0.25, -0.2) is 0 Å². The minimum absolute atomic E-state index is 0.142. The maximum atomic E-state index is 11.3. The summed E-state index contributed by atoms with van der Waals surface area (Å²) >= 11 is 3.29. The first-order chi connectivity index (χ1) is 8.19. The molecule has 2 N–H and O–H groups in total. The maximum absolute atomic E-state index is 11.3. The predicted molar refractivity (Wildman–Crippen MR) is 67.4 cm³/mol. The van der Waals surface area contributed by atoms with Crippen molar-refractivity contribution < 1.29 is 14.6 Å². The SMILES string of the molecule is C#CCNC(=O)COc1c(Br)cccc1CO. The van der Waals surface area contributed by atoms with Crippen LogP contribution in [0.4, 0.5) is 0 Å². The minimum Gasteiger partial charge on any atom is -0.482 e. The van der Waals surface area contributed by atoms with Crippen LogP contribution in [0.2, 0.25) is 0 Å². The first kappa shape index (κ1) is 13.6. The number of hydrogen-bond donors (Lipinski definition) is 2. The summed E-state index contributed by atoms with van der Waals surface area (Å²) in [4.78, 5) is 11.3. The van der Waals surface area contributed by atoms with Gasteiger partial charge in [0.05, 0.1) is 17.6 Å². The number of carbonyl (C=O) groups excluding carboxylic acids is 1. The molecule has 4 nitrogen and oxygen atoms in total. The van der Waals surface area contributed by atoms with Gasteiger partial charge in [-0.05, 0) is 22.0 Å². The zero-order chi connectivity index (χ0) is 12.7. The van der Waals surface area contributed by atoms with Gasteiger partial charge >= 0.3 is 0 Å². The van der Waals surface area contributed by atoms with Crippen molar-refractivity contribution in [2.45, 2.75) is 6.61 Å². The molecule has 0 aromatic heterocycles. The molecule has 0 radical (unpaired) electrons. The van der Waals surface area contributed by atoms with E-state index in [4.69, 9.17) is 16.3 Å². The van der Waals surface area contributed by atoms with E-state index in [2.05, 4.69) is 27.2 Å². The number of aliphatic hydroxyl groups excluding tert-OH is 1. The molecule has 0 aliphatic heterocycles. The monoisotopic (exact) mass is 297 g/mol. The highest BCUT2D eigenvalue weighted by molar-refractivity contribution is 9.10. The van der Waals surface area contributed by atoms with Gasteiger partial charge in [0.25, 0.3) is 5.91 Å². The lowest BCUT2D eigenvalue weighted by Gasteiger charge is -2.11. The lowest BCUT2D eigenvalue weighted by atomic mass is 10.2.